The quantitative estimate of drug-likeness (QED) is 0.811. The Morgan fingerprint density at radius 3 is 2.32 bits per heavy atom. The first-order chi connectivity index (χ1) is 8.00. The third-order valence-electron chi connectivity index (χ3n) is 3.62. The predicted octanol–water partition coefficient (Wildman–Crippen LogP) is 1.66. The van der Waals surface area contributed by atoms with Crippen molar-refractivity contribution in [2.45, 2.75) is 39.7 Å². The summed E-state index contributed by atoms with van der Waals surface area (Å²) < 4.78 is 0. The molecule has 1 aliphatic heterocycles. The number of likely N-dealkylation sites (tertiary alicyclic amines) is 1. The maximum atomic E-state index is 11.6. The van der Waals surface area contributed by atoms with Crippen LogP contribution in [0.25, 0.3) is 0 Å². The number of amides is 1. The van der Waals surface area contributed by atoms with Gasteiger partial charge < -0.3 is 16.0 Å². The Hall–Kier alpha value is -0.0300. The fourth-order valence-electron chi connectivity index (χ4n) is 2.04. The summed E-state index contributed by atoms with van der Waals surface area (Å²) in [5, 5.41) is 2.92. The monoisotopic (exact) mass is 313 g/mol. The minimum Gasteiger partial charge on any atom is -0.353 e. The van der Waals surface area contributed by atoms with Crippen molar-refractivity contribution in [2.24, 2.45) is 17.6 Å². The van der Waals surface area contributed by atoms with Gasteiger partial charge in [0.2, 0.25) is 5.91 Å². The molecule has 1 atom stereocenters. The lowest BCUT2D eigenvalue weighted by atomic mass is 9.99. The van der Waals surface area contributed by atoms with Crippen molar-refractivity contribution >= 4 is 30.7 Å². The molecule has 1 rings (SSSR count). The fraction of sp³-hybridized carbons (Fsp3) is 0.923. The van der Waals surface area contributed by atoms with E-state index in [1.54, 1.807) is 0 Å². The molecule has 6 heteroatoms. The van der Waals surface area contributed by atoms with E-state index in [2.05, 4.69) is 17.1 Å². The molecule has 0 saturated carbocycles. The van der Waals surface area contributed by atoms with Gasteiger partial charge in [-0.05, 0) is 37.8 Å². The van der Waals surface area contributed by atoms with E-state index in [1.807, 2.05) is 13.8 Å². The number of carbonyl (C=O) groups excluding carboxylic acids is 1. The molecule has 1 heterocycles. The molecule has 1 fully saturated rings. The van der Waals surface area contributed by atoms with E-state index in [4.69, 9.17) is 5.73 Å². The molecule has 0 aromatic rings. The molecule has 4 nitrogen and oxygen atoms in total. The second-order valence-electron chi connectivity index (χ2n) is 5.58. The zero-order valence-electron chi connectivity index (χ0n) is 12.2. The summed E-state index contributed by atoms with van der Waals surface area (Å²) in [7, 11) is 0. The van der Waals surface area contributed by atoms with Gasteiger partial charge >= 0.3 is 0 Å². The Morgan fingerprint density at radius 2 is 1.84 bits per heavy atom. The molecule has 116 valence electrons. The van der Waals surface area contributed by atoms with Gasteiger partial charge in [-0.1, -0.05) is 20.8 Å². The van der Waals surface area contributed by atoms with Gasteiger partial charge in [-0.25, -0.2) is 0 Å². The van der Waals surface area contributed by atoms with Crippen LogP contribution in [0, 0.1) is 11.8 Å². The number of piperidine rings is 1. The highest BCUT2D eigenvalue weighted by Gasteiger charge is 2.18. The third kappa shape index (κ3) is 7.98. The highest BCUT2D eigenvalue weighted by Crippen LogP contribution is 2.15. The first-order valence-electron chi connectivity index (χ1n) is 6.76. The fourth-order valence-corrected chi connectivity index (χ4v) is 2.04. The summed E-state index contributed by atoms with van der Waals surface area (Å²) in [5.41, 5.74) is 5.77. The first kappa shape index (κ1) is 21.3. The normalized spacial score (nSPS) is 18.4. The Labute approximate surface area is 129 Å². The zero-order valence-corrected chi connectivity index (χ0v) is 13.9. The van der Waals surface area contributed by atoms with Gasteiger partial charge in [0, 0.05) is 13.1 Å². The van der Waals surface area contributed by atoms with E-state index in [9.17, 15) is 4.79 Å². The molecular formula is C13H29Cl2N3O. The number of nitrogens with zero attached hydrogens (tertiary/aromatic N) is 1. The molecule has 1 saturated heterocycles. The predicted molar refractivity (Wildman–Crippen MR) is 85.2 cm³/mol. The smallest absolute Gasteiger partial charge is 0.237 e. The van der Waals surface area contributed by atoms with Crippen LogP contribution in [0.1, 0.15) is 33.6 Å². The second-order valence-corrected chi connectivity index (χ2v) is 5.58. The summed E-state index contributed by atoms with van der Waals surface area (Å²) in [6, 6.07) is -0.378. The van der Waals surface area contributed by atoms with Gasteiger partial charge in [-0.2, -0.15) is 0 Å². The van der Waals surface area contributed by atoms with E-state index >= 15 is 0 Å². The lowest BCUT2D eigenvalue weighted by Crippen LogP contribution is -2.46. The van der Waals surface area contributed by atoms with Crippen LogP contribution in [0.2, 0.25) is 0 Å². The van der Waals surface area contributed by atoms with Crippen molar-refractivity contribution in [3.05, 3.63) is 0 Å². The molecule has 0 aromatic heterocycles. The van der Waals surface area contributed by atoms with E-state index in [0.29, 0.717) is 6.54 Å². The summed E-state index contributed by atoms with van der Waals surface area (Å²) in [6.45, 7) is 10.2. The minimum absolute atomic E-state index is 0. The topological polar surface area (TPSA) is 58.4 Å². The molecule has 0 spiro atoms. The SMILES string of the molecule is CC1CCN(CCNC(=O)[C@H](N)C(C)C)CC1.Cl.Cl. The number of carbonyl (C=O) groups is 1. The largest absolute Gasteiger partial charge is 0.353 e. The Kier molecular flexibility index (Phi) is 12.0. The van der Waals surface area contributed by atoms with Gasteiger partial charge in [-0.15, -0.1) is 24.8 Å². The van der Waals surface area contributed by atoms with Gasteiger partial charge in [0.05, 0.1) is 6.04 Å². The average molecular weight is 314 g/mol. The van der Waals surface area contributed by atoms with Crippen LogP contribution in [0.3, 0.4) is 0 Å². The number of nitrogens with two attached hydrogens (primary N) is 1. The lowest BCUT2D eigenvalue weighted by Gasteiger charge is -2.30. The summed E-state index contributed by atoms with van der Waals surface area (Å²) >= 11 is 0. The molecule has 0 bridgehead atoms. The van der Waals surface area contributed by atoms with Gasteiger partial charge in [0.15, 0.2) is 0 Å². The van der Waals surface area contributed by atoms with Gasteiger partial charge in [0.1, 0.15) is 0 Å². The van der Waals surface area contributed by atoms with E-state index in [0.717, 1.165) is 25.6 Å². The number of halogens is 2. The maximum absolute atomic E-state index is 11.6. The van der Waals surface area contributed by atoms with E-state index < -0.39 is 0 Å². The van der Waals surface area contributed by atoms with Crippen molar-refractivity contribution < 1.29 is 4.79 Å². The maximum Gasteiger partial charge on any atom is 0.237 e. The third-order valence-corrected chi connectivity index (χ3v) is 3.62. The number of hydrogen-bond donors (Lipinski definition) is 2. The zero-order chi connectivity index (χ0) is 12.8. The number of nitrogens with one attached hydrogen (secondary N) is 1. The molecular weight excluding hydrogens is 285 g/mol. The van der Waals surface area contributed by atoms with Crippen molar-refractivity contribution in [3.63, 3.8) is 0 Å². The highest BCUT2D eigenvalue weighted by atomic mass is 35.5. The molecule has 1 amide bonds. The summed E-state index contributed by atoms with van der Waals surface area (Å²) in [5.74, 6) is 1.03. The Balaban J connectivity index is 0. The molecule has 0 radical (unpaired) electrons. The lowest BCUT2D eigenvalue weighted by molar-refractivity contribution is -0.123. The molecule has 1 aliphatic rings. The van der Waals surface area contributed by atoms with Gasteiger partial charge in [-0.3, -0.25) is 4.79 Å². The Morgan fingerprint density at radius 1 is 1.32 bits per heavy atom. The summed E-state index contributed by atoms with van der Waals surface area (Å²) in [6.07, 6.45) is 2.55. The molecule has 19 heavy (non-hydrogen) atoms. The van der Waals surface area contributed by atoms with Crippen LogP contribution in [0.5, 0.6) is 0 Å². The van der Waals surface area contributed by atoms with Crippen molar-refractivity contribution in [2.75, 3.05) is 26.2 Å². The van der Waals surface area contributed by atoms with Gasteiger partial charge in [0.25, 0.3) is 0 Å². The van der Waals surface area contributed by atoms with Crippen LogP contribution >= 0.6 is 24.8 Å². The second kappa shape index (κ2) is 10.7. The first-order valence-corrected chi connectivity index (χ1v) is 6.76. The molecule has 3 N–H and O–H groups in total. The average Bonchev–Trinajstić information content (AvgIpc) is 2.30. The van der Waals surface area contributed by atoms with Crippen molar-refractivity contribution in [3.8, 4) is 0 Å². The van der Waals surface area contributed by atoms with Crippen LogP contribution in [0.15, 0.2) is 0 Å². The molecule has 0 aliphatic carbocycles. The summed E-state index contributed by atoms with van der Waals surface area (Å²) in [4.78, 5) is 14.0. The minimum atomic E-state index is -0.378. The number of hydrogen-bond acceptors (Lipinski definition) is 3. The van der Waals surface area contributed by atoms with E-state index in [1.165, 1.54) is 12.8 Å². The molecule has 0 aromatic carbocycles. The highest BCUT2D eigenvalue weighted by molar-refractivity contribution is 5.85. The van der Waals surface area contributed by atoms with Crippen molar-refractivity contribution in [1.82, 2.24) is 10.2 Å². The Bertz CT molecular complexity index is 244. The number of rotatable bonds is 5. The standard InChI is InChI=1S/C13H27N3O.2ClH/c1-10(2)12(14)13(17)15-6-9-16-7-4-11(3)5-8-16;;/h10-12H,4-9,14H2,1-3H3,(H,15,17);2*1H/t12-;;/m1../s1. The van der Waals surface area contributed by atoms with E-state index in [-0.39, 0.29) is 42.7 Å². The van der Waals surface area contributed by atoms with Crippen molar-refractivity contribution in [1.29, 1.82) is 0 Å². The van der Waals surface area contributed by atoms with Crippen LogP contribution in [0.4, 0.5) is 0 Å². The molecule has 0 unspecified atom stereocenters. The van der Waals surface area contributed by atoms with Crippen LogP contribution in [-0.4, -0.2) is 43.0 Å². The van der Waals surface area contributed by atoms with Crippen LogP contribution < -0.4 is 11.1 Å². The van der Waals surface area contributed by atoms with Crippen LogP contribution in [-0.2, 0) is 4.79 Å².